The first-order valence-electron chi connectivity index (χ1n) is 7.47. The lowest BCUT2D eigenvalue weighted by atomic mass is 9.90. The van der Waals surface area contributed by atoms with Gasteiger partial charge in [-0.1, -0.05) is 42.3 Å². The van der Waals surface area contributed by atoms with E-state index < -0.39 is 5.60 Å². The van der Waals surface area contributed by atoms with Gasteiger partial charge in [-0.05, 0) is 37.3 Å². The Hall–Kier alpha value is -1.32. The molecule has 0 bridgehead atoms. The molecule has 112 valence electrons. The number of nitrogens with zero attached hydrogens (tertiary/aromatic N) is 2. The normalized spacial score (nSPS) is 20.8. The van der Waals surface area contributed by atoms with Crippen molar-refractivity contribution in [1.29, 1.82) is 0 Å². The van der Waals surface area contributed by atoms with E-state index in [-0.39, 0.29) is 0 Å². The van der Waals surface area contributed by atoms with E-state index in [1.165, 1.54) is 11.1 Å². The minimum Gasteiger partial charge on any atom is -0.385 e. The van der Waals surface area contributed by atoms with Crippen LogP contribution in [0.25, 0.3) is 0 Å². The number of rotatable bonds is 3. The molecule has 0 spiro atoms. The van der Waals surface area contributed by atoms with E-state index in [4.69, 9.17) is 11.6 Å². The zero-order valence-corrected chi connectivity index (χ0v) is 13.5. The van der Waals surface area contributed by atoms with Crippen LogP contribution in [0.4, 0.5) is 0 Å². The van der Waals surface area contributed by atoms with Gasteiger partial charge in [0.05, 0.1) is 22.0 Å². The Bertz CT molecular complexity index is 692. The van der Waals surface area contributed by atoms with Crippen molar-refractivity contribution in [3.8, 4) is 0 Å². The number of hydrogen-bond donors (Lipinski definition) is 1. The minimum absolute atomic E-state index is 0.520. The van der Waals surface area contributed by atoms with Crippen molar-refractivity contribution in [2.45, 2.75) is 45.1 Å². The second kappa shape index (κ2) is 5.15. The zero-order valence-electron chi connectivity index (χ0n) is 12.8. The van der Waals surface area contributed by atoms with Gasteiger partial charge < -0.3 is 5.11 Å². The fourth-order valence-corrected chi connectivity index (χ4v) is 3.65. The second-order valence-electron chi connectivity index (χ2n) is 6.05. The molecule has 1 heterocycles. The zero-order chi connectivity index (χ0) is 15.2. The number of fused-ring (bicyclic) bond motifs is 1. The van der Waals surface area contributed by atoms with Gasteiger partial charge in [0, 0.05) is 13.5 Å². The van der Waals surface area contributed by atoms with Gasteiger partial charge in [-0.15, -0.1) is 0 Å². The molecule has 1 aromatic heterocycles. The van der Waals surface area contributed by atoms with E-state index in [1.54, 1.807) is 0 Å². The van der Waals surface area contributed by atoms with Crippen molar-refractivity contribution in [1.82, 2.24) is 9.78 Å². The van der Waals surface area contributed by atoms with E-state index in [9.17, 15) is 5.11 Å². The van der Waals surface area contributed by atoms with E-state index in [0.29, 0.717) is 11.4 Å². The molecule has 2 aromatic rings. The maximum absolute atomic E-state index is 11.2. The van der Waals surface area contributed by atoms with Crippen molar-refractivity contribution in [2.24, 2.45) is 7.05 Å². The summed E-state index contributed by atoms with van der Waals surface area (Å²) < 4.78 is 1.81. The molecular formula is C17H21ClN2O. The van der Waals surface area contributed by atoms with E-state index >= 15 is 0 Å². The molecule has 1 unspecified atom stereocenters. The van der Waals surface area contributed by atoms with Crippen LogP contribution in [0.5, 0.6) is 0 Å². The first kappa shape index (κ1) is 14.6. The van der Waals surface area contributed by atoms with Crippen molar-refractivity contribution < 1.29 is 5.11 Å². The molecule has 1 N–H and O–H groups in total. The van der Waals surface area contributed by atoms with Crippen LogP contribution in [0, 0.1) is 6.92 Å². The lowest BCUT2D eigenvalue weighted by Crippen LogP contribution is -2.26. The van der Waals surface area contributed by atoms with Crippen LogP contribution in [-0.2, 0) is 31.9 Å². The number of aliphatic hydroxyl groups is 1. The molecule has 0 saturated heterocycles. The number of halogens is 1. The van der Waals surface area contributed by atoms with Gasteiger partial charge >= 0.3 is 0 Å². The van der Waals surface area contributed by atoms with Crippen LogP contribution < -0.4 is 0 Å². The first-order chi connectivity index (χ1) is 9.94. The highest BCUT2D eigenvalue weighted by Gasteiger charge is 2.38. The molecule has 3 rings (SSSR count). The third kappa shape index (κ3) is 2.39. The molecule has 4 heteroatoms. The van der Waals surface area contributed by atoms with Gasteiger partial charge in [-0.25, -0.2) is 0 Å². The van der Waals surface area contributed by atoms with Crippen molar-refractivity contribution in [2.75, 3.05) is 0 Å². The number of aryl methyl sites for hydroxylation is 4. The van der Waals surface area contributed by atoms with Crippen molar-refractivity contribution in [3.05, 3.63) is 51.3 Å². The minimum atomic E-state index is -0.830. The average molecular weight is 305 g/mol. The molecule has 0 amide bonds. The summed E-state index contributed by atoms with van der Waals surface area (Å²) in [5.74, 6) is 0. The van der Waals surface area contributed by atoms with Crippen LogP contribution in [0.15, 0.2) is 18.2 Å². The quantitative estimate of drug-likeness (QED) is 0.944. The average Bonchev–Trinajstić information content (AvgIpc) is 2.91. The van der Waals surface area contributed by atoms with E-state index in [0.717, 1.165) is 36.2 Å². The maximum Gasteiger partial charge on any atom is 0.0958 e. The van der Waals surface area contributed by atoms with Gasteiger partial charge in [0.1, 0.15) is 0 Å². The molecule has 1 aromatic carbocycles. The first-order valence-corrected chi connectivity index (χ1v) is 7.85. The molecule has 1 aliphatic carbocycles. The summed E-state index contributed by atoms with van der Waals surface area (Å²) >= 11 is 6.43. The molecule has 21 heavy (non-hydrogen) atoms. The summed E-state index contributed by atoms with van der Waals surface area (Å²) in [6, 6.07) is 6.34. The Balaban J connectivity index is 2.00. The lowest BCUT2D eigenvalue weighted by Gasteiger charge is -2.24. The van der Waals surface area contributed by atoms with Crippen LogP contribution in [-0.4, -0.2) is 14.9 Å². The topological polar surface area (TPSA) is 38.0 Å². The molecule has 0 aliphatic heterocycles. The van der Waals surface area contributed by atoms with Gasteiger partial charge in [0.25, 0.3) is 0 Å². The molecule has 0 radical (unpaired) electrons. The monoisotopic (exact) mass is 304 g/mol. The van der Waals surface area contributed by atoms with Crippen LogP contribution in [0.1, 0.15) is 41.4 Å². The highest BCUT2D eigenvalue weighted by Crippen LogP contribution is 2.41. The Morgan fingerprint density at radius 1 is 1.43 bits per heavy atom. The van der Waals surface area contributed by atoms with Crippen molar-refractivity contribution in [3.63, 3.8) is 0 Å². The van der Waals surface area contributed by atoms with Gasteiger partial charge in [0.15, 0.2) is 0 Å². The summed E-state index contributed by atoms with van der Waals surface area (Å²) in [6.45, 7) is 4.10. The molecule has 1 atom stereocenters. The summed E-state index contributed by atoms with van der Waals surface area (Å²) in [4.78, 5) is 0. The molecule has 0 saturated carbocycles. The summed E-state index contributed by atoms with van der Waals surface area (Å²) in [5.41, 5.74) is 4.48. The number of hydrogen-bond acceptors (Lipinski definition) is 2. The number of aromatic nitrogens is 2. The predicted molar refractivity (Wildman–Crippen MR) is 84.7 cm³/mol. The number of benzene rings is 1. The summed E-state index contributed by atoms with van der Waals surface area (Å²) in [7, 11) is 1.90. The Morgan fingerprint density at radius 3 is 2.86 bits per heavy atom. The molecule has 1 aliphatic rings. The lowest BCUT2D eigenvalue weighted by molar-refractivity contribution is 0.0370. The second-order valence-corrected chi connectivity index (χ2v) is 6.43. The Kier molecular flexibility index (Phi) is 3.58. The van der Waals surface area contributed by atoms with Gasteiger partial charge in [-0.2, -0.15) is 5.10 Å². The largest absolute Gasteiger partial charge is 0.385 e. The van der Waals surface area contributed by atoms with Crippen molar-refractivity contribution >= 4 is 11.6 Å². The fourth-order valence-electron chi connectivity index (χ4n) is 3.29. The van der Waals surface area contributed by atoms with E-state index in [2.05, 4.69) is 30.2 Å². The standard InChI is InChI=1S/C17H21ClN2O/c1-4-14-16(18)15(20(3)19-14)10-17(21)8-7-12-6-5-11(2)9-13(12)17/h5-6,9,21H,4,7-8,10H2,1-3H3. The van der Waals surface area contributed by atoms with Crippen LogP contribution in [0.3, 0.4) is 0 Å². The SMILES string of the molecule is CCc1nn(C)c(CC2(O)CCc3ccc(C)cc32)c1Cl. The summed E-state index contributed by atoms with van der Waals surface area (Å²) in [5, 5.41) is 16.3. The van der Waals surface area contributed by atoms with E-state index in [1.807, 2.05) is 18.7 Å². The third-order valence-corrected chi connectivity index (χ3v) is 4.97. The smallest absolute Gasteiger partial charge is 0.0958 e. The highest BCUT2D eigenvalue weighted by molar-refractivity contribution is 6.31. The predicted octanol–water partition coefficient (Wildman–Crippen LogP) is 3.32. The molecular weight excluding hydrogens is 284 g/mol. The summed E-state index contributed by atoms with van der Waals surface area (Å²) in [6.07, 6.45) is 2.99. The van der Waals surface area contributed by atoms with Gasteiger partial charge in [0.2, 0.25) is 0 Å². The Morgan fingerprint density at radius 2 is 2.19 bits per heavy atom. The fraction of sp³-hybridized carbons (Fsp3) is 0.471. The molecule has 0 fully saturated rings. The van der Waals surface area contributed by atoms with Crippen LogP contribution in [0.2, 0.25) is 5.02 Å². The maximum atomic E-state index is 11.2. The molecule has 3 nitrogen and oxygen atoms in total. The Labute approximate surface area is 130 Å². The third-order valence-electron chi connectivity index (χ3n) is 4.54. The van der Waals surface area contributed by atoms with Gasteiger partial charge in [-0.3, -0.25) is 4.68 Å². The van der Waals surface area contributed by atoms with Crippen LogP contribution >= 0.6 is 11.6 Å². The highest BCUT2D eigenvalue weighted by atomic mass is 35.5.